The summed E-state index contributed by atoms with van der Waals surface area (Å²) in [6.07, 6.45) is 1.39. The Morgan fingerprint density at radius 1 is 1.64 bits per heavy atom. The first-order chi connectivity index (χ1) is 5.16. The van der Waals surface area contributed by atoms with Crippen molar-refractivity contribution in [2.24, 2.45) is 5.92 Å². The number of hydrogen-bond acceptors (Lipinski definition) is 1. The highest BCUT2D eigenvalue weighted by molar-refractivity contribution is 9.09. The molecule has 0 aromatic rings. The van der Waals surface area contributed by atoms with Crippen LogP contribution in [-0.2, 0) is 0 Å². The van der Waals surface area contributed by atoms with Crippen LogP contribution in [0.2, 0.25) is 0 Å². The Morgan fingerprint density at radius 2 is 2.27 bits per heavy atom. The lowest BCUT2D eigenvalue weighted by Gasteiger charge is -2.38. The van der Waals surface area contributed by atoms with Gasteiger partial charge in [0, 0.05) is 5.92 Å². The summed E-state index contributed by atoms with van der Waals surface area (Å²) in [6.45, 7) is 1.98. The molecule has 0 saturated carbocycles. The molecule has 0 N–H and O–H groups in total. The van der Waals surface area contributed by atoms with Crippen molar-refractivity contribution in [1.82, 2.24) is 4.90 Å². The first-order valence-electron chi connectivity index (χ1n) is 4.12. The first kappa shape index (κ1) is 9.52. The summed E-state index contributed by atoms with van der Waals surface area (Å²) in [6, 6.07) is 0. The van der Waals surface area contributed by atoms with Gasteiger partial charge in [0.1, 0.15) is 7.85 Å². The molecule has 1 rings (SSSR count). The Morgan fingerprint density at radius 3 is 2.73 bits per heavy atom. The highest BCUT2D eigenvalue weighted by Gasteiger charge is 2.31. The van der Waals surface area contributed by atoms with Crippen molar-refractivity contribution in [3.05, 3.63) is 0 Å². The molecule has 1 nitrogen and oxygen atoms in total. The fourth-order valence-corrected chi connectivity index (χ4v) is 2.33. The minimum Gasteiger partial charge on any atom is -0.269 e. The topological polar surface area (TPSA) is 3.24 Å². The summed E-state index contributed by atoms with van der Waals surface area (Å²) in [5, 5.41) is 0. The molecule has 1 heterocycles. The van der Waals surface area contributed by atoms with Gasteiger partial charge in [0.2, 0.25) is 0 Å². The molecule has 64 valence electrons. The fraction of sp³-hybridized carbons (Fsp3) is 1.00. The van der Waals surface area contributed by atoms with E-state index >= 15 is 0 Å². The number of nitrogens with zero attached hydrogens (tertiary/aromatic N) is 1. The minimum atomic E-state index is -0.752. The lowest BCUT2D eigenvalue weighted by molar-refractivity contribution is 0.00746. The molecule has 11 heavy (non-hydrogen) atoms. The van der Waals surface area contributed by atoms with Crippen LogP contribution in [0, 0.1) is 5.92 Å². The standard InChI is InChI=1S/C7H14BBrFN/c1-5-2-3-6(8)11(4-9)7(5)10/h5-7H,2-4,8H2,1H3/t5-,6-,7?/m0/s1. The molecule has 0 radical (unpaired) electrons. The zero-order valence-electron chi connectivity index (χ0n) is 7.06. The summed E-state index contributed by atoms with van der Waals surface area (Å²) in [5.41, 5.74) is 0.652. The Bertz CT molecular complexity index is 136. The van der Waals surface area contributed by atoms with Gasteiger partial charge in [0.05, 0.1) is 5.45 Å². The summed E-state index contributed by atoms with van der Waals surface area (Å²) in [4.78, 5) is 1.87. The highest BCUT2D eigenvalue weighted by Crippen LogP contribution is 2.27. The van der Waals surface area contributed by atoms with E-state index in [0.29, 0.717) is 11.4 Å². The van der Waals surface area contributed by atoms with E-state index in [1.807, 2.05) is 11.8 Å². The lowest BCUT2D eigenvalue weighted by atomic mass is 9.83. The largest absolute Gasteiger partial charge is 0.269 e. The van der Waals surface area contributed by atoms with E-state index in [0.717, 1.165) is 12.8 Å². The molecule has 0 aromatic heterocycles. The van der Waals surface area contributed by atoms with Crippen molar-refractivity contribution in [3.8, 4) is 0 Å². The third-order valence-electron chi connectivity index (χ3n) is 2.53. The second-order valence-corrected chi connectivity index (χ2v) is 3.91. The van der Waals surface area contributed by atoms with Crippen molar-refractivity contribution in [2.75, 3.05) is 5.45 Å². The molecule has 0 amide bonds. The van der Waals surface area contributed by atoms with E-state index in [1.165, 1.54) is 0 Å². The van der Waals surface area contributed by atoms with Crippen LogP contribution in [0.15, 0.2) is 0 Å². The number of likely N-dealkylation sites (tertiary alicyclic amines) is 1. The van der Waals surface area contributed by atoms with Crippen molar-refractivity contribution in [3.63, 3.8) is 0 Å². The highest BCUT2D eigenvalue weighted by atomic mass is 79.9. The number of hydrogen-bond donors (Lipinski definition) is 0. The molecule has 0 spiro atoms. The predicted molar refractivity (Wildman–Crippen MR) is 51.3 cm³/mol. The molecule has 0 bridgehead atoms. The van der Waals surface area contributed by atoms with E-state index in [2.05, 4.69) is 23.8 Å². The van der Waals surface area contributed by atoms with Crippen LogP contribution in [-0.4, -0.2) is 30.4 Å². The normalized spacial score (nSPS) is 40.8. The van der Waals surface area contributed by atoms with Gasteiger partial charge < -0.3 is 0 Å². The minimum absolute atomic E-state index is 0.198. The first-order valence-corrected chi connectivity index (χ1v) is 5.24. The number of piperidine rings is 1. The molecule has 1 unspecified atom stereocenters. The summed E-state index contributed by atoms with van der Waals surface area (Å²) in [7, 11) is 2.08. The van der Waals surface area contributed by atoms with Crippen LogP contribution >= 0.6 is 15.9 Å². The molecular formula is C7H14BBrFN. The Labute approximate surface area is 76.9 Å². The molecular weight excluding hydrogens is 208 g/mol. The lowest BCUT2D eigenvalue weighted by Crippen LogP contribution is -2.47. The SMILES string of the molecule is B[C@@H]1CC[C@H](C)C(F)N1CBr. The van der Waals surface area contributed by atoms with Gasteiger partial charge in [0.15, 0.2) is 6.30 Å². The van der Waals surface area contributed by atoms with Crippen molar-refractivity contribution in [2.45, 2.75) is 32.0 Å². The second-order valence-electron chi connectivity index (χ2n) is 3.41. The van der Waals surface area contributed by atoms with E-state index in [1.54, 1.807) is 0 Å². The second kappa shape index (κ2) is 3.90. The van der Waals surface area contributed by atoms with Crippen LogP contribution in [0.3, 0.4) is 0 Å². The Kier molecular flexibility index (Phi) is 3.38. The molecule has 0 aliphatic carbocycles. The van der Waals surface area contributed by atoms with Gasteiger partial charge in [-0.05, 0) is 18.8 Å². The maximum absolute atomic E-state index is 13.4. The Hall–Kier alpha value is 0.435. The molecule has 1 fully saturated rings. The Balaban J connectivity index is 2.55. The molecule has 1 saturated heterocycles. The maximum atomic E-state index is 13.4. The molecule has 1 aliphatic rings. The number of alkyl halides is 2. The van der Waals surface area contributed by atoms with Crippen LogP contribution < -0.4 is 0 Å². The molecule has 1 aliphatic heterocycles. The van der Waals surface area contributed by atoms with Gasteiger partial charge in [0.25, 0.3) is 0 Å². The van der Waals surface area contributed by atoms with Crippen LogP contribution in [0.5, 0.6) is 0 Å². The van der Waals surface area contributed by atoms with Gasteiger partial charge in [-0.1, -0.05) is 22.9 Å². The van der Waals surface area contributed by atoms with Gasteiger partial charge in [-0.25, -0.2) is 4.39 Å². The van der Waals surface area contributed by atoms with E-state index in [4.69, 9.17) is 0 Å². The van der Waals surface area contributed by atoms with Crippen LogP contribution in [0.4, 0.5) is 4.39 Å². The third-order valence-corrected chi connectivity index (χ3v) is 3.11. The van der Waals surface area contributed by atoms with Gasteiger partial charge in [-0.3, -0.25) is 4.90 Å². The molecule has 0 aromatic carbocycles. The fourth-order valence-electron chi connectivity index (χ4n) is 1.56. The molecule has 4 heteroatoms. The maximum Gasteiger partial charge on any atom is 0.156 e. The number of halogens is 2. The van der Waals surface area contributed by atoms with Crippen molar-refractivity contribution in [1.29, 1.82) is 0 Å². The van der Waals surface area contributed by atoms with E-state index < -0.39 is 6.30 Å². The average molecular weight is 222 g/mol. The van der Waals surface area contributed by atoms with Crippen LogP contribution in [0.1, 0.15) is 19.8 Å². The monoisotopic (exact) mass is 221 g/mol. The predicted octanol–water partition coefficient (Wildman–Crippen LogP) is 1.33. The summed E-state index contributed by atoms with van der Waals surface area (Å²) >= 11 is 3.31. The summed E-state index contributed by atoms with van der Waals surface area (Å²) in [5.74, 6) is 0.587. The third kappa shape index (κ3) is 1.97. The van der Waals surface area contributed by atoms with Crippen molar-refractivity contribution < 1.29 is 4.39 Å². The van der Waals surface area contributed by atoms with E-state index in [9.17, 15) is 4.39 Å². The van der Waals surface area contributed by atoms with Gasteiger partial charge in [-0.2, -0.15) is 0 Å². The molecule has 3 atom stereocenters. The quantitative estimate of drug-likeness (QED) is 0.367. The van der Waals surface area contributed by atoms with Gasteiger partial charge >= 0.3 is 0 Å². The van der Waals surface area contributed by atoms with Crippen LogP contribution in [0.25, 0.3) is 0 Å². The zero-order chi connectivity index (χ0) is 8.43. The number of rotatable bonds is 1. The average Bonchev–Trinajstić information content (AvgIpc) is 1.99. The zero-order valence-corrected chi connectivity index (χ0v) is 8.64. The van der Waals surface area contributed by atoms with Crippen molar-refractivity contribution >= 4 is 23.8 Å². The van der Waals surface area contributed by atoms with E-state index in [-0.39, 0.29) is 5.92 Å². The smallest absolute Gasteiger partial charge is 0.156 e. The summed E-state index contributed by atoms with van der Waals surface area (Å²) < 4.78 is 13.4. The van der Waals surface area contributed by atoms with Gasteiger partial charge in [-0.15, -0.1) is 0 Å².